The highest BCUT2D eigenvalue weighted by atomic mass is 79.9. The molecule has 0 radical (unpaired) electrons. The van der Waals surface area contributed by atoms with E-state index in [2.05, 4.69) is 15.9 Å². The molecule has 5 nitrogen and oxygen atoms in total. The standard InChI is InChI=1S/C11H12BrNO4S/c1-7-4-9(2-3-10(7)12)18(16,17)13-5-8(6-13)11(14)15/h2-4,8H,5-6H2,1H3,(H,14,15). The van der Waals surface area contributed by atoms with E-state index in [-0.39, 0.29) is 18.0 Å². The van der Waals surface area contributed by atoms with Crippen molar-refractivity contribution >= 4 is 31.9 Å². The van der Waals surface area contributed by atoms with E-state index in [1.54, 1.807) is 19.1 Å². The Morgan fingerprint density at radius 3 is 2.56 bits per heavy atom. The molecule has 1 saturated heterocycles. The number of aliphatic carboxylic acids is 1. The van der Waals surface area contributed by atoms with Crippen molar-refractivity contribution in [3.05, 3.63) is 28.2 Å². The molecular formula is C11H12BrNO4S. The Morgan fingerprint density at radius 2 is 2.06 bits per heavy atom. The van der Waals surface area contributed by atoms with Crippen molar-refractivity contribution in [1.82, 2.24) is 4.31 Å². The van der Waals surface area contributed by atoms with E-state index < -0.39 is 21.9 Å². The molecule has 1 heterocycles. The van der Waals surface area contributed by atoms with Crippen molar-refractivity contribution in [1.29, 1.82) is 0 Å². The highest BCUT2D eigenvalue weighted by Crippen LogP contribution is 2.27. The number of halogens is 1. The average molecular weight is 334 g/mol. The van der Waals surface area contributed by atoms with Crippen molar-refractivity contribution < 1.29 is 18.3 Å². The molecule has 1 aromatic rings. The van der Waals surface area contributed by atoms with E-state index in [1.165, 1.54) is 10.4 Å². The molecule has 0 unspecified atom stereocenters. The van der Waals surface area contributed by atoms with Gasteiger partial charge in [0.2, 0.25) is 10.0 Å². The minimum absolute atomic E-state index is 0.0484. The quantitative estimate of drug-likeness (QED) is 0.908. The lowest BCUT2D eigenvalue weighted by atomic mass is 10.0. The number of hydrogen-bond acceptors (Lipinski definition) is 3. The summed E-state index contributed by atoms with van der Waals surface area (Å²) >= 11 is 3.31. The van der Waals surface area contributed by atoms with Gasteiger partial charge in [0.1, 0.15) is 0 Å². The van der Waals surface area contributed by atoms with Crippen molar-refractivity contribution in [2.75, 3.05) is 13.1 Å². The summed E-state index contributed by atoms with van der Waals surface area (Å²) in [5.74, 6) is -1.54. The lowest BCUT2D eigenvalue weighted by molar-refractivity contribution is -0.145. The number of sulfonamides is 1. The minimum Gasteiger partial charge on any atom is -0.481 e. The Labute approximate surface area is 114 Å². The first-order chi connectivity index (χ1) is 8.32. The molecule has 0 aliphatic carbocycles. The molecule has 1 aliphatic heterocycles. The third-order valence-electron chi connectivity index (χ3n) is 2.96. The van der Waals surface area contributed by atoms with Crippen molar-refractivity contribution in [3.63, 3.8) is 0 Å². The minimum atomic E-state index is -3.56. The third-order valence-corrected chi connectivity index (χ3v) is 5.68. The second kappa shape index (κ2) is 4.64. The predicted octanol–water partition coefficient (Wildman–Crippen LogP) is 1.46. The van der Waals surface area contributed by atoms with Gasteiger partial charge in [0.15, 0.2) is 0 Å². The van der Waals surface area contributed by atoms with Crippen LogP contribution in [0.25, 0.3) is 0 Å². The van der Waals surface area contributed by atoms with Crippen LogP contribution in [0.5, 0.6) is 0 Å². The Morgan fingerprint density at radius 1 is 1.44 bits per heavy atom. The van der Waals surface area contributed by atoms with Crippen LogP contribution in [0.15, 0.2) is 27.6 Å². The summed E-state index contributed by atoms with van der Waals surface area (Å²) in [5, 5.41) is 8.74. The fourth-order valence-corrected chi connectivity index (χ4v) is 3.58. The van der Waals surface area contributed by atoms with Crippen LogP contribution in [-0.2, 0) is 14.8 Å². The fourth-order valence-electron chi connectivity index (χ4n) is 1.72. The van der Waals surface area contributed by atoms with Crippen LogP contribution in [0.1, 0.15) is 5.56 Å². The van der Waals surface area contributed by atoms with E-state index in [1.807, 2.05) is 0 Å². The first-order valence-corrected chi connectivity index (χ1v) is 7.55. The van der Waals surface area contributed by atoms with Crippen LogP contribution in [-0.4, -0.2) is 36.9 Å². The first kappa shape index (κ1) is 13.5. The van der Waals surface area contributed by atoms with Gasteiger partial charge in [-0.2, -0.15) is 4.31 Å². The molecule has 0 spiro atoms. The zero-order valence-corrected chi connectivity index (χ0v) is 12.0. The number of nitrogens with zero attached hydrogens (tertiary/aromatic N) is 1. The van der Waals surface area contributed by atoms with Crippen LogP contribution in [0.2, 0.25) is 0 Å². The normalized spacial score (nSPS) is 17.4. The highest BCUT2D eigenvalue weighted by molar-refractivity contribution is 9.10. The zero-order chi connectivity index (χ0) is 13.5. The van der Waals surface area contributed by atoms with Crippen molar-refractivity contribution in [2.24, 2.45) is 5.92 Å². The summed E-state index contributed by atoms with van der Waals surface area (Å²) in [6.45, 7) is 1.90. The van der Waals surface area contributed by atoms with E-state index >= 15 is 0 Å². The molecule has 0 bridgehead atoms. The van der Waals surface area contributed by atoms with Gasteiger partial charge in [-0.15, -0.1) is 0 Å². The first-order valence-electron chi connectivity index (χ1n) is 5.31. The number of carboxylic acids is 1. The molecule has 2 rings (SSSR count). The van der Waals surface area contributed by atoms with Crippen LogP contribution in [0.3, 0.4) is 0 Å². The van der Waals surface area contributed by atoms with E-state index in [4.69, 9.17) is 5.11 Å². The molecule has 1 aromatic carbocycles. The largest absolute Gasteiger partial charge is 0.481 e. The van der Waals surface area contributed by atoms with Crippen molar-refractivity contribution in [2.45, 2.75) is 11.8 Å². The molecular weight excluding hydrogens is 322 g/mol. The molecule has 98 valence electrons. The second-order valence-electron chi connectivity index (χ2n) is 4.27. The number of hydrogen-bond donors (Lipinski definition) is 1. The Hall–Kier alpha value is -0.920. The topological polar surface area (TPSA) is 74.7 Å². The van der Waals surface area contributed by atoms with Gasteiger partial charge in [0.25, 0.3) is 0 Å². The molecule has 1 fully saturated rings. The summed E-state index contributed by atoms with van der Waals surface area (Å²) in [6, 6.07) is 4.77. The number of carboxylic acid groups (broad SMARTS) is 1. The summed E-state index contributed by atoms with van der Waals surface area (Å²) < 4.78 is 26.4. The monoisotopic (exact) mass is 333 g/mol. The summed E-state index contributed by atoms with van der Waals surface area (Å²) in [7, 11) is -3.56. The predicted molar refractivity (Wildman–Crippen MR) is 68.8 cm³/mol. The molecule has 0 aromatic heterocycles. The second-order valence-corrected chi connectivity index (χ2v) is 7.06. The Bertz CT molecular complexity index is 593. The number of aryl methyl sites for hydroxylation is 1. The number of benzene rings is 1. The van der Waals surface area contributed by atoms with E-state index in [0.717, 1.165) is 10.0 Å². The lowest BCUT2D eigenvalue weighted by Gasteiger charge is -2.35. The Balaban J connectivity index is 2.22. The molecule has 18 heavy (non-hydrogen) atoms. The number of rotatable bonds is 3. The summed E-state index contributed by atoms with van der Waals surface area (Å²) in [5.41, 5.74) is 0.825. The SMILES string of the molecule is Cc1cc(S(=O)(=O)N2CC(C(=O)O)C2)ccc1Br. The van der Waals surface area contributed by atoms with Gasteiger partial charge < -0.3 is 5.11 Å². The van der Waals surface area contributed by atoms with Gasteiger partial charge in [-0.3, -0.25) is 4.79 Å². The summed E-state index contributed by atoms with van der Waals surface area (Å²) in [6.07, 6.45) is 0. The molecule has 7 heteroatoms. The van der Waals surface area contributed by atoms with Crippen LogP contribution in [0, 0.1) is 12.8 Å². The van der Waals surface area contributed by atoms with Gasteiger partial charge in [-0.25, -0.2) is 8.42 Å². The van der Waals surface area contributed by atoms with Crippen molar-refractivity contribution in [3.8, 4) is 0 Å². The summed E-state index contributed by atoms with van der Waals surface area (Å²) in [4.78, 5) is 10.9. The lowest BCUT2D eigenvalue weighted by Crippen LogP contribution is -2.52. The fraction of sp³-hybridized carbons (Fsp3) is 0.364. The maximum absolute atomic E-state index is 12.2. The van der Waals surface area contributed by atoms with Gasteiger partial charge in [-0.05, 0) is 30.7 Å². The molecule has 0 amide bonds. The van der Waals surface area contributed by atoms with E-state index in [0.29, 0.717) is 0 Å². The van der Waals surface area contributed by atoms with Gasteiger partial charge in [-0.1, -0.05) is 15.9 Å². The van der Waals surface area contributed by atoms with Gasteiger partial charge in [0.05, 0.1) is 10.8 Å². The highest BCUT2D eigenvalue weighted by Gasteiger charge is 2.40. The molecule has 1 N–H and O–H groups in total. The maximum Gasteiger partial charge on any atom is 0.309 e. The van der Waals surface area contributed by atoms with Crippen LogP contribution >= 0.6 is 15.9 Å². The van der Waals surface area contributed by atoms with E-state index in [9.17, 15) is 13.2 Å². The van der Waals surface area contributed by atoms with Gasteiger partial charge in [0, 0.05) is 17.6 Å². The van der Waals surface area contributed by atoms with Gasteiger partial charge >= 0.3 is 5.97 Å². The van der Waals surface area contributed by atoms with Crippen LogP contribution < -0.4 is 0 Å². The average Bonchev–Trinajstić information content (AvgIpc) is 2.18. The third kappa shape index (κ3) is 2.30. The zero-order valence-electron chi connectivity index (χ0n) is 9.63. The smallest absolute Gasteiger partial charge is 0.309 e. The maximum atomic E-state index is 12.2. The molecule has 0 saturated carbocycles. The molecule has 0 atom stereocenters. The van der Waals surface area contributed by atoms with Crippen LogP contribution in [0.4, 0.5) is 0 Å². The Kier molecular flexibility index (Phi) is 3.48. The number of carbonyl (C=O) groups is 1. The molecule has 1 aliphatic rings.